The van der Waals surface area contributed by atoms with Gasteiger partial charge in [-0.15, -0.1) is 0 Å². The van der Waals surface area contributed by atoms with Gasteiger partial charge in [0.15, 0.2) is 0 Å². The van der Waals surface area contributed by atoms with Crippen LogP contribution >= 0.6 is 0 Å². The minimum absolute atomic E-state index is 0.309. The third-order valence-corrected chi connectivity index (χ3v) is 3.71. The Balaban J connectivity index is 2.55. The van der Waals surface area contributed by atoms with Crippen LogP contribution in [0.5, 0.6) is 0 Å². The molecular weight excluding hydrogens is 240 g/mol. The predicted octanol–water partition coefficient (Wildman–Crippen LogP) is 0.948. The molecule has 1 amide bonds. The summed E-state index contributed by atoms with van der Waals surface area (Å²) in [6, 6.07) is 0. The van der Waals surface area contributed by atoms with Crippen LogP contribution < -0.4 is 11.1 Å². The van der Waals surface area contributed by atoms with E-state index in [2.05, 4.69) is 23.7 Å². The van der Waals surface area contributed by atoms with Crippen molar-refractivity contribution in [3.05, 3.63) is 17.2 Å². The predicted molar refractivity (Wildman–Crippen MR) is 74.7 cm³/mol. The van der Waals surface area contributed by atoms with Gasteiger partial charge in [-0.05, 0) is 19.8 Å². The van der Waals surface area contributed by atoms with Crippen LogP contribution in [0.1, 0.15) is 44.9 Å². The van der Waals surface area contributed by atoms with E-state index in [0.717, 1.165) is 37.4 Å². The molecule has 0 unspecified atom stereocenters. The Labute approximate surface area is 114 Å². The molecule has 0 radical (unpaired) electrons. The lowest BCUT2D eigenvalue weighted by Gasteiger charge is -2.29. The molecule has 1 aliphatic heterocycles. The van der Waals surface area contributed by atoms with Crippen molar-refractivity contribution in [3.8, 4) is 0 Å². The highest BCUT2D eigenvalue weighted by molar-refractivity contribution is 5.82. The summed E-state index contributed by atoms with van der Waals surface area (Å²) in [7, 11) is 0. The Hall–Kier alpha value is -1.36. The molecule has 2 heterocycles. The van der Waals surface area contributed by atoms with E-state index in [1.54, 1.807) is 0 Å². The molecule has 0 saturated heterocycles. The fourth-order valence-corrected chi connectivity index (χ4v) is 2.64. The molecule has 0 aromatic carbocycles. The van der Waals surface area contributed by atoms with Crippen molar-refractivity contribution in [1.82, 2.24) is 14.9 Å². The van der Waals surface area contributed by atoms with Gasteiger partial charge < -0.3 is 15.6 Å². The molecule has 5 nitrogen and oxygen atoms in total. The molecule has 3 N–H and O–H groups in total. The standard InChI is InChI=1S/C14H24N4O/c1-9(2)7-12-17-10-8-16-6-5-11(10)18(12)14(3,4)13(15)19/h9,16H,5-8H2,1-4H3,(H2,15,19). The quantitative estimate of drug-likeness (QED) is 0.850. The normalized spacial score (nSPS) is 15.6. The molecule has 106 valence electrons. The van der Waals surface area contributed by atoms with E-state index in [4.69, 9.17) is 10.7 Å². The molecule has 0 atom stereocenters. The Morgan fingerprint density at radius 1 is 1.53 bits per heavy atom. The summed E-state index contributed by atoms with van der Waals surface area (Å²) in [5.41, 5.74) is 7.10. The Kier molecular flexibility index (Phi) is 3.67. The Bertz CT molecular complexity index is 488. The van der Waals surface area contributed by atoms with Gasteiger partial charge in [0.25, 0.3) is 0 Å². The third-order valence-electron chi connectivity index (χ3n) is 3.71. The molecule has 2 rings (SSSR count). The summed E-state index contributed by atoms with van der Waals surface area (Å²) in [5.74, 6) is 1.17. The minimum atomic E-state index is -0.720. The van der Waals surface area contributed by atoms with Crippen molar-refractivity contribution >= 4 is 5.91 Å². The van der Waals surface area contributed by atoms with Crippen LogP contribution in [0, 0.1) is 5.92 Å². The maximum absolute atomic E-state index is 11.8. The molecule has 0 aliphatic carbocycles. The number of imidazole rings is 1. The number of nitrogens with zero attached hydrogens (tertiary/aromatic N) is 2. The molecule has 0 fully saturated rings. The molecule has 1 aromatic heterocycles. The number of rotatable bonds is 4. The highest BCUT2D eigenvalue weighted by Gasteiger charge is 2.34. The van der Waals surface area contributed by atoms with Gasteiger partial charge >= 0.3 is 0 Å². The van der Waals surface area contributed by atoms with Crippen molar-refractivity contribution in [2.45, 2.75) is 52.6 Å². The van der Waals surface area contributed by atoms with Crippen molar-refractivity contribution < 1.29 is 4.79 Å². The van der Waals surface area contributed by atoms with Crippen LogP contribution in [0.3, 0.4) is 0 Å². The van der Waals surface area contributed by atoms with Crippen molar-refractivity contribution in [2.24, 2.45) is 11.7 Å². The number of carbonyl (C=O) groups is 1. The first-order chi connectivity index (χ1) is 8.84. The summed E-state index contributed by atoms with van der Waals surface area (Å²) in [5, 5.41) is 3.32. The average Bonchev–Trinajstić information content (AvgIpc) is 2.65. The summed E-state index contributed by atoms with van der Waals surface area (Å²) in [6.07, 6.45) is 1.76. The van der Waals surface area contributed by atoms with Crippen LogP contribution in [0.4, 0.5) is 0 Å². The SMILES string of the molecule is CC(C)Cc1nc2c(n1C(C)(C)C(N)=O)CCNC2. The number of primary amides is 1. The number of nitrogens with one attached hydrogen (secondary N) is 1. The lowest BCUT2D eigenvalue weighted by molar-refractivity contribution is -0.125. The van der Waals surface area contributed by atoms with Crippen LogP contribution in [0.25, 0.3) is 0 Å². The second-order valence-corrected chi connectivity index (χ2v) is 6.20. The second-order valence-electron chi connectivity index (χ2n) is 6.20. The minimum Gasteiger partial charge on any atom is -0.368 e. The monoisotopic (exact) mass is 264 g/mol. The topological polar surface area (TPSA) is 72.9 Å². The molecule has 0 saturated carbocycles. The number of fused-ring (bicyclic) bond motifs is 1. The highest BCUT2D eigenvalue weighted by Crippen LogP contribution is 2.26. The third kappa shape index (κ3) is 2.52. The van der Waals surface area contributed by atoms with E-state index in [9.17, 15) is 4.79 Å². The van der Waals surface area contributed by atoms with Gasteiger partial charge in [0.1, 0.15) is 11.4 Å². The van der Waals surface area contributed by atoms with Gasteiger partial charge in [-0.1, -0.05) is 13.8 Å². The van der Waals surface area contributed by atoms with Crippen LogP contribution in [-0.4, -0.2) is 22.0 Å². The first kappa shape index (κ1) is 14.1. The number of hydrogen-bond acceptors (Lipinski definition) is 3. The summed E-state index contributed by atoms with van der Waals surface area (Å²) in [6.45, 7) is 9.78. The second kappa shape index (κ2) is 4.96. The van der Waals surface area contributed by atoms with Gasteiger partial charge in [-0.25, -0.2) is 4.98 Å². The van der Waals surface area contributed by atoms with Crippen LogP contribution in [0.2, 0.25) is 0 Å². The fourth-order valence-electron chi connectivity index (χ4n) is 2.64. The van der Waals surface area contributed by atoms with E-state index in [0.29, 0.717) is 5.92 Å². The van der Waals surface area contributed by atoms with Crippen LogP contribution in [0.15, 0.2) is 0 Å². The molecule has 5 heteroatoms. The van der Waals surface area contributed by atoms with Crippen molar-refractivity contribution in [2.75, 3.05) is 6.54 Å². The maximum Gasteiger partial charge on any atom is 0.243 e. The number of aromatic nitrogens is 2. The lowest BCUT2D eigenvalue weighted by Crippen LogP contribution is -2.43. The zero-order valence-electron chi connectivity index (χ0n) is 12.3. The first-order valence-corrected chi connectivity index (χ1v) is 6.94. The first-order valence-electron chi connectivity index (χ1n) is 6.94. The Morgan fingerprint density at radius 2 is 2.21 bits per heavy atom. The zero-order valence-corrected chi connectivity index (χ0v) is 12.3. The Morgan fingerprint density at radius 3 is 2.79 bits per heavy atom. The number of hydrogen-bond donors (Lipinski definition) is 2. The number of nitrogens with two attached hydrogens (primary N) is 1. The molecule has 1 aliphatic rings. The van der Waals surface area contributed by atoms with Gasteiger partial charge in [0, 0.05) is 31.6 Å². The molecule has 19 heavy (non-hydrogen) atoms. The number of amides is 1. The summed E-state index contributed by atoms with van der Waals surface area (Å²) >= 11 is 0. The van der Waals surface area contributed by atoms with Gasteiger partial charge in [-0.3, -0.25) is 4.79 Å². The largest absolute Gasteiger partial charge is 0.368 e. The van der Waals surface area contributed by atoms with E-state index in [-0.39, 0.29) is 5.91 Å². The maximum atomic E-state index is 11.8. The highest BCUT2D eigenvalue weighted by atomic mass is 16.1. The number of carbonyl (C=O) groups excluding carboxylic acids is 1. The summed E-state index contributed by atoms with van der Waals surface area (Å²) in [4.78, 5) is 16.5. The van der Waals surface area contributed by atoms with E-state index in [1.165, 1.54) is 5.69 Å². The van der Waals surface area contributed by atoms with Gasteiger partial charge in [-0.2, -0.15) is 0 Å². The lowest BCUT2D eigenvalue weighted by atomic mass is 10.0. The fraction of sp³-hybridized carbons (Fsp3) is 0.714. The van der Waals surface area contributed by atoms with E-state index in [1.807, 2.05) is 13.8 Å². The van der Waals surface area contributed by atoms with E-state index < -0.39 is 5.54 Å². The zero-order chi connectivity index (χ0) is 14.2. The smallest absolute Gasteiger partial charge is 0.243 e. The molecular formula is C14H24N4O. The molecule has 0 bridgehead atoms. The van der Waals surface area contributed by atoms with Gasteiger partial charge in [0.05, 0.1) is 5.69 Å². The van der Waals surface area contributed by atoms with E-state index >= 15 is 0 Å². The molecule has 1 aromatic rings. The average molecular weight is 264 g/mol. The van der Waals surface area contributed by atoms with Crippen molar-refractivity contribution in [1.29, 1.82) is 0 Å². The summed E-state index contributed by atoms with van der Waals surface area (Å²) < 4.78 is 2.07. The molecule has 0 spiro atoms. The van der Waals surface area contributed by atoms with Crippen LogP contribution in [-0.2, 0) is 29.7 Å². The van der Waals surface area contributed by atoms with Crippen molar-refractivity contribution in [3.63, 3.8) is 0 Å². The van der Waals surface area contributed by atoms with Gasteiger partial charge in [0.2, 0.25) is 5.91 Å².